The number of nitrogens with two attached hydrogens (primary N) is 1. The van der Waals surface area contributed by atoms with Gasteiger partial charge in [0.25, 0.3) is 0 Å². The van der Waals surface area contributed by atoms with E-state index in [1.54, 1.807) is 0 Å². The lowest BCUT2D eigenvalue weighted by molar-refractivity contribution is -0.135. The summed E-state index contributed by atoms with van der Waals surface area (Å²) in [4.78, 5) is 12.4. The van der Waals surface area contributed by atoms with Gasteiger partial charge in [-0.05, 0) is 73.7 Å². The van der Waals surface area contributed by atoms with Gasteiger partial charge in [-0.3, -0.25) is 4.79 Å². The lowest BCUT2D eigenvalue weighted by atomic mass is 9.49. The van der Waals surface area contributed by atoms with Crippen molar-refractivity contribution in [2.24, 2.45) is 22.5 Å². The van der Waals surface area contributed by atoms with Gasteiger partial charge in [0.1, 0.15) is 0 Å². The largest absolute Gasteiger partial charge is 0.369 e. The number of primary amides is 1. The topological polar surface area (TPSA) is 43.1 Å². The zero-order chi connectivity index (χ0) is 16.1. The first-order valence-electron chi connectivity index (χ1n) is 9.37. The molecule has 1 aromatic carbocycles. The molecule has 4 fully saturated rings. The zero-order valence-electron chi connectivity index (χ0n) is 14.3. The highest BCUT2D eigenvalue weighted by molar-refractivity contribution is 5.81. The van der Waals surface area contributed by atoms with Crippen LogP contribution in [0.1, 0.15) is 70.3 Å². The van der Waals surface area contributed by atoms with E-state index in [1.165, 1.54) is 37.7 Å². The van der Waals surface area contributed by atoms with Crippen LogP contribution in [0.3, 0.4) is 0 Å². The Labute approximate surface area is 139 Å². The lowest BCUT2D eigenvalue weighted by Crippen LogP contribution is -2.50. The van der Waals surface area contributed by atoms with Gasteiger partial charge in [-0.1, -0.05) is 43.7 Å². The van der Waals surface area contributed by atoms with E-state index in [9.17, 15) is 4.79 Å². The van der Waals surface area contributed by atoms with Crippen LogP contribution < -0.4 is 5.73 Å². The van der Waals surface area contributed by atoms with Crippen LogP contribution in [0.2, 0.25) is 0 Å². The summed E-state index contributed by atoms with van der Waals surface area (Å²) in [5.41, 5.74) is 7.88. The van der Waals surface area contributed by atoms with Gasteiger partial charge in [0.15, 0.2) is 0 Å². The highest BCUT2D eigenvalue weighted by atomic mass is 16.1. The quantitative estimate of drug-likeness (QED) is 0.869. The van der Waals surface area contributed by atoms with Gasteiger partial charge in [-0.15, -0.1) is 0 Å². The summed E-state index contributed by atoms with van der Waals surface area (Å²) < 4.78 is 0. The molecule has 5 rings (SSSR count). The van der Waals surface area contributed by atoms with Gasteiger partial charge in [0.2, 0.25) is 5.91 Å². The normalized spacial score (nSPS) is 41.7. The molecule has 0 heterocycles. The van der Waals surface area contributed by atoms with Gasteiger partial charge in [0.05, 0.1) is 0 Å². The Morgan fingerprint density at radius 1 is 1.13 bits per heavy atom. The van der Waals surface area contributed by atoms with Crippen molar-refractivity contribution >= 4 is 5.91 Å². The third-order valence-electron chi connectivity index (χ3n) is 7.28. The summed E-state index contributed by atoms with van der Waals surface area (Å²) in [6.07, 6.45) is 10.6. The molecule has 0 aliphatic heterocycles. The molecule has 4 aliphatic carbocycles. The Kier molecular flexibility index (Phi) is 3.37. The van der Waals surface area contributed by atoms with Crippen molar-refractivity contribution in [2.45, 2.75) is 70.1 Å². The summed E-state index contributed by atoms with van der Waals surface area (Å²) in [6.45, 7) is 2.29. The number of carbonyl (C=O) groups excluding carboxylic acids is 1. The molecule has 1 amide bonds. The third-order valence-corrected chi connectivity index (χ3v) is 7.28. The number of hydrogen-bond acceptors (Lipinski definition) is 1. The Hall–Kier alpha value is -1.31. The molecule has 2 N–H and O–H groups in total. The first-order valence-corrected chi connectivity index (χ1v) is 9.37. The average molecular weight is 311 g/mol. The van der Waals surface area contributed by atoms with Crippen molar-refractivity contribution in [1.82, 2.24) is 0 Å². The molecule has 1 aromatic rings. The van der Waals surface area contributed by atoms with E-state index >= 15 is 0 Å². The SMILES string of the molecule is CCC[C@]12CC3CC(C(N)=O)(CC[C@](c4ccccc4)(C3)C1)C2. The second-order valence-corrected chi connectivity index (χ2v) is 8.87. The summed E-state index contributed by atoms with van der Waals surface area (Å²) in [5, 5.41) is 0. The molecule has 0 spiro atoms. The maximum Gasteiger partial charge on any atom is 0.223 e. The number of amides is 1. The Balaban J connectivity index is 1.82. The summed E-state index contributed by atoms with van der Waals surface area (Å²) in [6, 6.07) is 11.1. The molecule has 4 bridgehead atoms. The Morgan fingerprint density at radius 2 is 1.91 bits per heavy atom. The van der Waals surface area contributed by atoms with Crippen molar-refractivity contribution < 1.29 is 4.79 Å². The lowest BCUT2D eigenvalue weighted by Gasteiger charge is -2.55. The van der Waals surface area contributed by atoms with Crippen molar-refractivity contribution in [1.29, 1.82) is 0 Å². The second kappa shape index (κ2) is 5.09. The second-order valence-electron chi connectivity index (χ2n) is 8.87. The van der Waals surface area contributed by atoms with Gasteiger partial charge >= 0.3 is 0 Å². The maximum atomic E-state index is 12.4. The molecule has 0 saturated heterocycles. The van der Waals surface area contributed by atoms with Crippen LogP contribution in [0.4, 0.5) is 0 Å². The first-order chi connectivity index (χ1) is 11.0. The summed E-state index contributed by atoms with van der Waals surface area (Å²) in [5.74, 6) is 0.660. The molecule has 0 radical (unpaired) electrons. The minimum atomic E-state index is -0.217. The highest BCUT2D eigenvalue weighted by Crippen LogP contribution is 2.67. The van der Waals surface area contributed by atoms with Gasteiger partial charge in [-0.25, -0.2) is 0 Å². The molecule has 0 aromatic heterocycles. The van der Waals surface area contributed by atoms with E-state index in [0.717, 1.165) is 25.7 Å². The van der Waals surface area contributed by atoms with Gasteiger partial charge in [-0.2, -0.15) is 0 Å². The van der Waals surface area contributed by atoms with Gasteiger partial charge in [0, 0.05) is 5.41 Å². The molecule has 2 heteroatoms. The number of rotatable bonds is 4. The molecule has 4 saturated carbocycles. The van der Waals surface area contributed by atoms with Crippen LogP contribution in [0.25, 0.3) is 0 Å². The minimum Gasteiger partial charge on any atom is -0.369 e. The number of carbonyl (C=O) groups is 1. The van der Waals surface area contributed by atoms with Crippen molar-refractivity contribution in [3.63, 3.8) is 0 Å². The van der Waals surface area contributed by atoms with Crippen LogP contribution in [0.5, 0.6) is 0 Å². The zero-order valence-corrected chi connectivity index (χ0v) is 14.3. The standard InChI is InChI=1S/C21H29NO/c1-2-8-19-11-16-12-20(14-19,17-6-4-3-5-7-17)9-10-21(13-16,15-19)18(22)23/h3-7,16H,2,8-15H2,1H3,(H2,22,23)/t16?,19-,20-,21?/m0/s1. The van der Waals surface area contributed by atoms with Crippen LogP contribution in [-0.4, -0.2) is 5.91 Å². The van der Waals surface area contributed by atoms with Crippen LogP contribution in [0, 0.1) is 16.7 Å². The Morgan fingerprint density at radius 3 is 2.61 bits per heavy atom. The van der Waals surface area contributed by atoms with Gasteiger partial charge < -0.3 is 5.73 Å². The van der Waals surface area contributed by atoms with E-state index in [0.29, 0.717) is 11.3 Å². The molecule has 2 unspecified atom stereocenters. The first kappa shape index (κ1) is 15.2. The minimum absolute atomic E-state index is 0.0200. The summed E-state index contributed by atoms with van der Waals surface area (Å²) in [7, 11) is 0. The molecular weight excluding hydrogens is 282 g/mol. The fourth-order valence-corrected chi connectivity index (χ4v) is 6.86. The molecule has 4 aliphatic rings. The smallest absolute Gasteiger partial charge is 0.223 e. The van der Waals surface area contributed by atoms with Crippen LogP contribution >= 0.6 is 0 Å². The van der Waals surface area contributed by atoms with Crippen molar-refractivity contribution in [2.75, 3.05) is 0 Å². The summed E-state index contributed by atoms with van der Waals surface area (Å²) >= 11 is 0. The highest BCUT2D eigenvalue weighted by Gasteiger charge is 2.61. The van der Waals surface area contributed by atoms with E-state index in [1.807, 2.05) is 0 Å². The maximum absolute atomic E-state index is 12.4. The predicted octanol–water partition coefficient (Wildman–Crippen LogP) is 4.57. The fourth-order valence-electron chi connectivity index (χ4n) is 6.86. The molecule has 4 atom stereocenters. The van der Waals surface area contributed by atoms with E-state index in [-0.39, 0.29) is 16.7 Å². The van der Waals surface area contributed by atoms with Crippen LogP contribution in [-0.2, 0) is 10.2 Å². The Bertz CT molecular complexity index is 612. The molecule has 2 nitrogen and oxygen atoms in total. The average Bonchev–Trinajstić information content (AvgIpc) is 2.70. The van der Waals surface area contributed by atoms with E-state index in [2.05, 4.69) is 37.3 Å². The number of benzene rings is 1. The van der Waals surface area contributed by atoms with Crippen molar-refractivity contribution in [3.05, 3.63) is 35.9 Å². The van der Waals surface area contributed by atoms with E-state index in [4.69, 9.17) is 5.73 Å². The number of hydrogen-bond donors (Lipinski definition) is 1. The monoisotopic (exact) mass is 311 g/mol. The predicted molar refractivity (Wildman–Crippen MR) is 92.9 cm³/mol. The van der Waals surface area contributed by atoms with Crippen molar-refractivity contribution in [3.8, 4) is 0 Å². The number of fused-ring (bicyclic) bond motifs is 1. The van der Waals surface area contributed by atoms with E-state index < -0.39 is 0 Å². The molecule has 124 valence electrons. The third kappa shape index (κ3) is 2.25. The fraction of sp³-hybridized carbons (Fsp3) is 0.667. The van der Waals surface area contributed by atoms with Crippen LogP contribution in [0.15, 0.2) is 30.3 Å². The molecular formula is C21H29NO. The molecule has 23 heavy (non-hydrogen) atoms.